The molecular weight excluding hydrogens is 254 g/mol. The fourth-order valence-corrected chi connectivity index (χ4v) is 2.18. The molecule has 2 rings (SSSR count). The van der Waals surface area contributed by atoms with Crippen molar-refractivity contribution < 1.29 is 0 Å². The molecule has 1 heteroatoms. The molecule has 0 aliphatic carbocycles. The van der Waals surface area contributed by atoms with Crippen LogP contribution in [0.4, 0.5) is 0 Å². The zero-order chi connectivity index (χ0) is 15.3. The molecule has 1 atom stereocenters. The zero-order valence-corrected chi connectivity index (χ0v) is 13.7. The summed E-state index contributed by atoms with van der Waals surface area (Å²) in [4.78, 5) is 0. The highest BCUT2D eigenvalue weighted by molar-refractivity contribution is 5.63. The highest BCUT2D eigenvalue weighted by atomic mass is 14.9. The van der Waals surface area contributed by atoms with Crippen molar-refractivity contribution in [2.45, 2.75) is 34.2 Å². The highest BCUT2D eigenvalue weighted by Crippen LogP contribution is 2.24. The van der Waals surface area contributed by atoms with Gasteiger partial charge < -0.3 is 5.32 Å². The van der Waals surface area contributed by atoms with Crippen LogP contribution in [-0.2, 0) is 6.54 Å². The van der Waals surface area contributed by atoms with E-state index in [4.69, 9.17) is 0 Å². The number of nitrogens with one attached hydrogen (secondary N) is 1. The second-order valence-electron chi connectivity index (χ2n) is 6.96. The lowest BCUT2D eigenvalue weighted by molar-refractivity contribution is 0.252. The van der Waals surface area contributed by atoms with E-state index >= 15 is 0 Å². The van der Waals surface area contributed by atoms with Crippen molar-refractivity contribution in [3.8, 4) is 11.1 Å². The maximum Gasteiger partial charge on any atom is 0.0205 e. The maximum absolute atomic E-state index is 3.57. The molecule has 21 heavy (non-hydrogen) atoms. The maximum atomic E-state index is 3.57. The normalized spacial score (nSPS) is 13.1. The van der Waals surface area contributed by atoms with Gasteiger partial charge in [0.2, 0.25) is 0 Å². The number of hydrogen-bond acceptors (Lipinski definition) is 1. The minimum atomic E-state index is 0.365. The molecule has 1 unspecified atom stereocenters. The molecule has 1 N–H and O–H groups in total. The van der Waals surface area contributed by atoms with E-state index in [0.717, 1.165) is 13.1 Å². The number of rotatable bonds is 5. The summed E-state index contributed by atoms with van der Waals surface area (Å²) in [5.41, 5.74) is 4.26. The van der Waals surface area contributed by atoms with Gasteiger partial charge in [-0.2, -0.15) is 0 Å². The van der Waals surface area contributed by atoms with Crippen molar-refractivity contribution in [1.29, 1.82) is 0 Å². The van der Waals surface area contributed by atoms with Crippen molar-refractivity contribution >= 4 is 0 Å². The van der Waals surface area contributed by atoms with Crippen LogP contribution in [0.1, 0.15) is 33.3 Å². The molecule has 0 aliphatic rings. The molecule has 0 fully saturated rings. The molecule has 1 nitrogen and oxygen atoms in total. The lowest BCUT2D eigenvalue weighted by Gasteiger charge is -2.27. The molecule has 0 saturated carbocycles. The summed E-state index contributed by atoms with van der Waals surface area (Å²) in [6.45, 7) is 11.2. The minimum absolute atomic E-state index is 0.365. The van der Waals surface area contributed by atoms with Crippen LogP contribution >= 0.6 is 0 Å². The van der Waals surface area contributed by atoms with E-state index in [0.29, 0.717) is 11.3 Å². The first-order chi connectivity index (χ1) is 9.97. The van der Waals surface area contributed by atoms with Crippen molar-refractivity contribution in [2.24, 2.45) is 11.3 Å². The van der Waals surface area contributed by atoms with Gasteiger partial charge in [0.05, 0.1) is 0 Å². The minimum Gasteiger partial charge on any atom is -0.312 e. The van der Waals surface area contributed by atoms with Gasteiger partial charge in [-0.25, -0.2) is 0 Å². The van der Waals surface area contributed by atoms with Gasteiger partial charge in [-0.3, -0.25) is 0 Å². The van der Waals surface area contributed by atoms with Gasteiger partial charge in [0.15, 0.2) is 0 Å². The predicted octanol–water partition coefficient (Wildman–Crippen LogP) is 5.13. The Morgan fingerprint density at radius 2 is 1.43 bits per heavy atom. The summed E-state index contributed by atoms with van der Waals surface area (Å²) < 4.78 is 0. The Balaban J connectivity index is 1.89. The SMILES string of the molecule is CC(CNCc1ccc(-c2ccccc2)cc1)C(C)(C)C. The third-order valence-corrected chi connectivity index (χ3v) is 4.32. The van der Waals surface area contributed by atoms with Gasteiger partial charge in [-0.1, -0.05) is 82.3 Å². The average Bonchev–Trinajstić information content (AvgIpc) is 2.48. The Bertz CT molecular complexity index is 534. The lowest BCUT2D eigenvalue weighted by atomic mass is 9.82. The lowest BCUT2D eigenvalue weighted by Crippen LogP contribution is -2.29. The quantitative estimate of drug-likeness (QED) is 0.801. The fourth-order valence-electron chi connectivity index (χ4n) is 2.18. The molecule has 0 bridgehead atoms. The largest absolute Gasteiger partial charge is 0.312 e. The molecular formula is C20H27N. The van der Waals surface area contributed by atoms with Crippen LogP contribution in [0.2, 0.25) is 0 Å². The second kappa shape index (κ2) is 6.91. The van der Waals surface area contributed by atoms with Crippen molar-refractivity contribution in [1.82, 2.24) is 5.32 Å². The molecule has 0 aliphatic heterocycles. The molecule has 0 aromatic heterocycles. The van der Waals surface area contributed by atoms with Gasteiger partial charge >= 0.3 is 0 Å². The third-order valence-electron chi connectivity index (χ3n) is 4.32. The average molecular weight is 281 g/mol. The Labute approximate surface area is 129 Å². The first-order valence-electron chi connectivity index (χ1n) is 7.82. The van der Waals surface area contributed by atoms with Crippen LogP contribution in [0.5, 0.6) is 0 Å². The smallest absolute Gasteiger partial charge is 0.0205 e. The molecule has 0 heterocycles. The Kier molecular flexibility index (Phi) is 5.19. The van der Waals surface area contributed by atoms with E-state index in [1.807, 2.05) is 0 Å². The monoisotopic (exact) mass is 281 g/mol. The third kappa shape index (κ3) is 4.71. The van der Waals surface area contributed by atoms with Gasteiger partial charge in [0, 0.05) is 6.54 Å². The Morgan fingerprint density at radius 3 is 2.00 bits per heavy atom. The van der Waals surface area contributed by atoms with E-state index in [1.165, 1.54) is 16.7 Å². The van der Waals surface area contributed by atoms with Gasteiger partial charge in [0.25, 0.3) is 0 Å². The van der Waals surface area contributed by atoms with Crippen molar-refractivity contribution in [2.75, 3.05) is 6.54 Å². The molecule has 0 amide bonds. The van der Waals surface area contributed by atoms with Crippen LogP contribution < -0.4 is 5.32 Å². The van der Waals surface area contributed by atoms with Crippen LogP contribution in [-0.4, -0.2) is 6.54 Å². The standard InChI is InChI=1S/C20H27N/c1-16(20(2,3)4)14-21-15-17-10-12-19(13-11-17)18-8-6-5-7-9-18/h5-13,16,21H,14-15H2,1-4H3. The van der Waals surface area contributed by atoms with Gasteiger partial charge in [-0.15, -0.1) is 0 Å². The summed E-state index contributed by atoms with van der Waals surface area (Å²) in [5, 5.41) is 3.57. The summed E-state index contributed by atoms with van der Waals surface area (Å²) in [5.74, 6) is 0.668. The Morgan fingerprint density at radius 1 is 0.857 bits per heavy atom. The van der Waals surface area contributed by atoms with Crippen LogP contribution in [0.3, 0.4) is 0 Å². The van der Waals surface area contributed by atoms with E-state index in [1.54, 1.807) is 0 Å². The molecule has 0 spiro atoms. The van der Waals surface area contributed by atoms with E-state index in [-0.39, 0.29) is 0 Å². The second-order valence-corrected chi connectivity index (χ2v) is 6.96. The highest BCUT2D eigenvalue weighted by Gasteiger charge is 2.18. The van der Waals surface area contributed by atoms with Crippen LogP contribution in [0.15, 0.2) is 54.6 Å². The van der Waals surface area contributed by atoms with E-state index in [9.17, 15) is 0 Å². The van der Waals surface area contributed by atoms with E-state index < -0.39 is 0 Å². The first kappa shape index (κ1) is 15.8. The van der Waals surface area contributed by atoms with Gasteiger partial charge in [-0.05, 0) is 34.6 Å². The first-order valence-corrected chi connectivity index (χ1v) is 7.82. The summed E-state index contributed by atoms with van der Waals surface area (Å²) in [7, 11) is 0. The van der Waals surface area contributed by atoms with E-state index in [2.05, 4.69) is 87.6 Å². The zero-order valence-electron chi connectivity index (χ0n) is 13.7. The molecule has 2 aromatic carbocycles. The summed E-state index contributed by atoms with van der Waals surface area (Å²) in [6.07, 6.45) is 0. The van der Waals surface area contributed by atoms with Gasteiger partial charge in [0.1, 0.15) is 0 Å². The summed E-state index contributed by atoms with van der Waals surface area (Å²) >= 11 is 0. The molecule has 2 aromatic rings. The number of hydrogen-bond donors (Lipinski definition) is 1. The predicted molar refractivity (Wildman–Crippen MR) is 92.2 cm³/mol. The fraction of sp³-hybridized carbons (Fsp3) is 0.400. The molecule has 112 valence electrons. The Hall–Kier alpha value is -1.60. The molecule has 0 saturated heterocycles. The number of benzene rings is 2. The van der Waals surface area contributed by atoms with Crippen molar-refractivity contribution in [3.63, 3.8) is 0 Å². The summed E-state index contributed by atoms with van der Waals surface area (Å²) in [6, 6.07) is 19.4. The van der Waals surface area contributed by atoms with Crippen LogP contribution in [0, 0.1) is 11.3 Å². The molecule has 0 radical (unpaired) electrons. The van der Waals surface area contributed by atoms with Crippen molar-refractivity contribution in [3.05, 3.63) is 60.2 Å². The topological polar surface area (TPSA) is 12.0 Å². The van der Waals surface area contributed by atoms with Crippen LogP contribution in [0.25, 0.3) is 11.1 Å².